The summed E-state index contributed by atoms with van der Waals surface area (Å²) in [5.74, 6) is -0.117. The third-order valence-electron chi connectivity index (χ3n) is 7.05. The third-order valence-corrected chi connectivity index (χ3v) is 7.05. The van der Waals surface area contributed by atoms with Gasteiger partial charge in [0.2, 0.25) is 0 Å². The van der Waals surface area contributed by atoms with Crippen molar-refractivity contribution in [3.63, 3.8) is 0 Å². The maximum atomic E-state index is 13.2. The molecule has 0 amide bonds. The van der Waals surface area contributed by atoms with Crippen LogP contribution in [0.15, 0.2) is 48.5 Å². The van der Waals surface area contributed by atoms with E-state index in [1.165, 1.54) is 0 Å². The van der Waals surface area contributed by atoms with Gasteiger partial charge in [-0.1, -0.05) is 55.5 Å². The molecule has 3 nitrogen and oxygen atoms in total. The largest absolute Gasteiger partial charge is 0.350 e. The lowest BCUT2D eigenvalue weighted by molar-refractivity contribution is -0.132. The van der Waals surface area contributed by atoms with Crippen LogP contribution in [-0.2, 0) is 19.7 Å². The highest BCUT2D eigenvalue weighted by atomic mass is 16.6. The first-order valence-electron chi connectivity index (χ1n) is 8.45. The van der Waals surface area contributed by atoms with Crippen LogP contribution < -0.4 is 0 Å². The van der Waals surface area contributed by atoms with E-state index in [0.717, 1.165) is 22.3 Å². The molecule has 2 aromatic carbocycles. The number of ketones is 2. The van der Waals surface area contributed by atoms with Crippen LogP contribution in [0.5, 0.6) is 0 Å². The topological polar surface area (TPSA) is 46.7 Å². The molecule has 0 bridgehead atoms. The number of benzene rings is 2. The van der Waals surface area contributed by atoms with Crippen molar-refractivity contribution >= 4 is 11.6 Å². The lowest BCUT2D eigenvalue weighted by Crippen LogP contribution is -2.39. The lowest BCUT2D eigenvalue weighted by atomic mass is 9.79. The maximum absolute atomic E-state index is 13.2. The van der Waals surface area contributed by atoms with Crippen molar-refractivity contribution in [3.8, 4) is 11.1 Å². The third kappa shape index (κ3) is 0.989. The highest BCUT2D eigenvalue weighted by molar-refractivity contribution is 6.18. The molecule has 1 heterocycles. The van der Waals surface area contributed by atoms with Crippen molar-refractivity contribution in [2.75, 3.05) is 0 Å². The van der Waals surface area contributed by atoms with Gasteiger partial charge in [0, 0.05) is 11.3 Å². The molecule has 24 heavy (non-hydrogen) atoms. The molecule has 4 aliphatic rings. The fourth-order valence-electron chi connectivity index (χ4n) is 5.81. The molecular weight excluding hydrogens is 300 g/mol. The van der Waals surface area contributed by atoms with Crippen molar-refractivity contribution in [2.45, 2.75) is 31.0 Å². The van der Waals surface area contributed by atoms with Gasteiger partial charge >= 0.3 is 0 Å². The molecule has 3 heteroatoms. The van der Waals surface area contributed by atoms with Gasteiger partial charge in [0.1, 0.15) is 0 Å². The molecule has 2 unspecified atom stereocenters. The maximum Gasteiger partial charge on any atom is 0.172 e. The molecular formula is C21H16O3. The van der Waals surface area contributed by atoms with E-state index in [0.29, 0.717) is 0 Å². The van der Waals surface area contributed by atoms with Gasteiger partial charge in [0.05, 0.1) is 5.41 Å². The molecule has 1 saturated heterocycles. The van der Waals surface area contributed by atoms with Gasteiger partial charge < -0.3 is 4.74 Å². The van der Waals surface area contributed by atoms with E-state index in [1.807, 2.05) is 31.2 Å². The van der Waals surface area contributed by atoms with E-state index < -0.39 is 22.5 Å². The summed E-state index contributed by atoms with van der Waals surface area (Å²) in [4.78, 5) is 26.4. The van der Waals surface area contributed by atoms with Crippen LogP contribution in [0.4, 0.5) is 0 Å². The Morgan fingerprint density at radius 1 is 0.833 bits per heavy atom. The van der Waals surface area contributed by atoms with E-state index in [1.54, 1.807) is 6.92 Å². The fourth-order valence-corrected chi connectivity index (χ4v) is 5.81. The molecule has 6 rings (SSSR count). The molecule has 1 spiro atoms. The highest BCUT2D eigenvalue weighted by Crippen LogP contribution is 2.81. The van der Waals surface area contributed by atoms with Gasteiger partial charge in [-0.05, 0) is 29.2 Å². The standard InChI is InChI=1S/C21H16O3/c1-19-15(16(22)20(2)18(24-20)17(19)23)21(19)13-9-5-3-7-11(13)12-8-4-6-10-14(12)21/h3-10,15,18H,1-2H3/t15?,18?,19-,20-/m1/s1. The highest BCUT2D eigenvalue weighted by Gasteiger charge is 2.91. The van der Waals surface area contributed by atoms with E-state index >= 15 is 0 Å². The van der Waals surface area contributed by atoms with Crippen LogP contribution >= 0.6 is 0 Å². The quantitative estimate of drug-likeness (QED) is 0.702. The Balaban J connectivity index is 1.71. The molecule has 3 fully saturated rings. The normalized spacial score (nSPS) is 39.1. The zero-order chi connectivity index (χ0) is 16.5. The average Bonchev–Trinajstić information content (AvgIpc) is 3.41. The predicted molar refractivity (Wildman–Crippen MR) is 87.5 cm³/mol. The van der Waals surface area contributed by atoms with Crippen molar-refractivity contribution in [1.29, 1.82) is 0 Å². The summed E-state index contributed by atoms with van der Waals surface area (Å²) in [6, 6.07) is 16.4. The van der Waals surface area contributed by atoms with Crippen molar-refractivity contribution in [2.24, 2.45) is 11.3 Å². The van der Waals surface area contributed by atoms with Crippen LogP contribution in [0.3, 0.4) is 0 Å². The SMILES string of the molecule is C[C@]12C(=O)C3O[C@]3(C)C(=O)C1C21c2ccccc2-c2ccccc21. The summed E-state index contributed by atoms with van der Waals surface area (Å²) in [7, 11) is 0. The van der Waals surface area contributed by atoms with Gasteiger partial charge in [-0.2, -0.15) is 0 Å². The van der Waals surface area contributed by atoms with Crippen LogP contribution in [0.2, 0.25) is 0 Å². The van der Waals surface area contributed by atoms with Gasteiger partial charge in [0.15, 0.2) is 23.3 Å². The van der Waals surface area contributed by atoms with Crippen LogP contribution in [-0.4, -0.2) is 23.3 Å². The van der Waals surface area contributed by atoms with Gasteiger partial charge in [-0.3, -0.25) is 9.59 Å². The van der Waals surface area contributed by atoms with Crippen LogP contribution in [0.1, 0.15) is 25.0 Å². The number of hydrogen-bond acceptors (Lipinski definition) is 3. The number of hydrogen-bond donors (Lipinski definition) is 0. The number of fused-ring (bicyclic) bond motifs is 9. The van der Waals surface area contributed by atoms with E-state index in [9.17, 15) is 9.59 Å². The summed E-state index contributed by atoms with van der Waals surface area (Å²) in [5.41, 5.74) is 2.49. The molecule has 0 N–H and O–H groups in total. The predicted octanol–water partition coefficient (Wildman–Crippen LogP) is 2.90. The molecule has 4 atom stereocenters. The summed E-state index contributed by atoms with van der Waals surface area (Å²) in [6.07, 6.45) is -0.550. The number of epoxide rings is 1. The molecule has 118 valence electrons. The Bertz CT molecular complexity index is 943. The average molecular weight is 316 g/mol. The van der Waals surface area contributed by atoms with Gasteiger partial charge in [-0.15, -0.1) is 0 Å². The Labute approximate surface area is 139 Å². The summed E-state index contributed by atoms with van der Waals surface area (Å²) < 4.78 is 5.54. The second kappa shape index (κ2) is 3.40. The number of Topliss-reactive ketones (excluding diaryl/α,β-unsaturated/α-hetero) is 2. The van der Waals surface area contributed by atoms with Crippen LogP contribution in [0, 0.1) is 11.3 Å². The summed E-state index contributed by atoms with van der Waals surface area (Å²) in [6.45, 7) is 3.74. The Morgan fingerprint density at radius 2 is 1.38 bits per heavy atom. The zero-order valence-electron chi connectivity index (χ0n) is 13.5. The minimum Gasteiger partial charge on any atom is -0.350 e. The van der Waals surface area contributed by atoms with Crippen LogP contribution in [0.25, 0.3) is 11.1 Å². The molecule has 2 saturated carbocycles. The lowest BCUT2D eigenvalue weighted by Gasteiger charge is -2.19. The van der Waals surface area contributed by atoms with Gasteiger partial charge in [0.25, 0.3) is 0 Å². The first-order chi connectivity index (χ1) is 11.5. The number of carbonyl (C=O) groups excluding carboxylic acids is 2. The van der Waals surface area contributed by atoms with Crippen molar-refractivity contribution in [1.82, 2.24) is 0 Å². The number of carbonyl (C=O) groups is 2. The van der Waals surface area contributed by atoms with E-state index in [-0.39, 0.29) is 17.5 Å². The van der Waals surface area contributed by atoms with E-state index in [4.69, 9.17) is 4.74 Å². The summed E-state index contributed by atoms with van der Waals surface area (Å²) in [5, 5.41) is 0. The smallest absolute Gasteiger partial charge is 0.172 e. The summed E-state index contributed by atoms with van der Waals surface area (Å²) >= 11 is 0. The molecule has 3 aliphatic carbocycles. The molecule has 0 radical (unpaired) electrons. The minimum absolute atomic E-state index is 0.0982. The molecule has 2 aromatic rings. The fraction of sp³-hybridized carbons (Fsp3) is 0.333. The first-order valence-corrected chi connectivity index (χ1v) is 8.45. The first kappa shape index (κ1) is 13.1. The number of ether oxygens (including phenoxy) is 1. The van der Waals surface area contributed by atoms with Gasteiger partial charge in [-0.25, -0.2) is 0 Å². The Morgan fingerprint density at radius 3 is 1.96 bits per heavy atom. The van der Waals surface area contributed by atoms with E-state index in [2.05, 4.69) is 24.3 Å². The minimum atomic E-state index is -0.892. The second-order valence-corrected chi connectivity index (χ2v) is 7.87. The monoisotopic (exact) mass is 316 g/mol. The van der Waals surface area contributed by atoms with Crippen molar-refractivity contribution < 1.29 is 14.3 Å². The molecule has 0 aromatic heterocycles. The second-order valence-electron chi connectivity index (χ2n) is 7.87. The Hall–Kier alpha value is -2.26. The molecule has 1 aliphatic heterocycles. The Kier molecular flexibility index (Phi) is 1.85. The van der Waals surface area contributed by atoms with Crippen molar-refractivity contribution in [3.05, 3.63) is 59.7 Å². The zero-order valence-corrected chi connectivity index (χ0v) is 13.5. The number of rotatable bonds is 0.